The number of carbonyl (C=O) groups excluding carboxylic acids is 1. The van der Waals surface area contributed by atoms with Gasteiger partial charge < -0.3 is 4.90 Å². The molecule has 1 aliphatic rings. The largest absolute Gasteiger partial charge is 0.339 e. The van der Waals surface area contributed by atoms with Crippen LogP contribution in [0.1, 0.15) is 83.9 Å². The van der Waals surface area contributed by atoms with Crippen molar-refractivity contribution in [2.24, 2.45) is 0 Å². The van der Waals surface area contributed by atoms with Crippen LogP contribution in [0, 0.1) is 12.3 Å². The Morgan fingerprint density at radius 1 is 1.10 bits per heavy atom. The smallest absolute Gasteiger partial charge is 0.273 e. The fourth-order valence-electron chi connectivity index (χ4n) is 5.44. The molecule has 1 aliphatic heterocycles. The Kier molecular flexibility index (Phi) is 7.49. The van der Waals surface area contributed by atoms with Crippen molar-refractivity contribution in [1.82, 2.24) is 19.4 Å². The molecule has 1 saturated heterocycles. The van der Waals surface area contributed by atoms with E-state index < -0.39 is 12.2 Å². The Labute approximate surface area is 231 Å². The number of rotatable bonds is 7. The van der Waals surface area contributed by atoms with Crippen molar-refractivity contribution in [3.05, 3.63) is 94.6 Å². The lowest BCUT2D eigenvalue weighted by Gasteiger charge is -2.32. The van der Waals surface area contributed by atoms with E-state index in [2.05, 4.69) is 4.98 Å². The summed E-state index contributed by atoms with van der Waals surface area (Å²) in [5, 5.41) is 8.60. The zero-order valence-corrected chi connectivity index (χ0v) is 22.8. The standard InChI is InChI=1S/C31H32F3N5O/c1-4-31(33,34)24-9-7-8-22(17-24)27(35)28-19(2)16-23(18-36-28)30(40)38-14-12-21(13-15-38)29-37-25-10-5-6-11-26(25)39(29)20(3)32/h5-11,16-18,20-21,35H,4,12-15H2,1-3H3. The summed E-state index contributed by atoms with van der Waals surface area (Å²) >= 11 is 0. The van der Waals surface area contributed by atoms with Crippen molar-refractivity contribution < 1.29 is 18.0 Å². The molecule has 0 aliphatic carbocycles. The van der Waals surface area contributed by atoms with E-state index in [1.54, 1.807) is 28.5 Å². The highest BCUT2D eigenvalue weighted by Gasteiger charge is 2.31. The minimum Gasteiger partial charge on any atom is -0.339 e. The summed E-state index contributed by atoms with van der Waals surface area (Å²) in [5.41, 5.74) is 3.12. The molecule has 208 valence electrons. The molecule has 1 N–H and O–H groups in total. The number of alkyl halides is 3. The van der Waals surface area contributed by atoms with Crippen LogP contribution in [0.25, 0.3) is 11.0 Å². The van der Waals surface area contributed by atoms with Gasteiger partial charge in [0.15, 0.2) is 6.30 Å². The SMILES string of the molecule is CCC(F)(F)c1cccc(C(=N)c2ncc(C(=O)N3CCC(c4nc5ccccc5n4C(C)F)CC3)cc2C)c1. The number of amides is 1. The summed E-state index contributed by atoms with van der Waals surface area (Å²) in [5.74, 6) is -2.39. The maximum atomic E-state index is 14.6. The Balaban J connectivity index is 1.30. The van der Waals surface area contributed by atoms with Crippen molar-refractivity contribution in [2.75, 3.05) is 13.1 Å². The third-order valence-electron chi connectivity index (χ3n) is 7.71. The van der Waals surface area contributed by atoms with Gasteiger partial charge >= 0.3 is 0 Å². The van der Waals surface area contributed by atoms with Crippen molar-refractivity contribution in [3.63, 3.8) is 0 Å². The summed E-state index contributed by atoms with van der Waals surface area (Å²) in [4.78, 5) is 24.2. The molecule has 9 heteroatoms. The van der Waals surface area contributed by atoms with Crippen molar-refractivity contribution in [3.8, 4) is 0 Å². The van der Waals surface area contributed by atoms with Gasteiger partial charge in [-0.15, -0.1) is 0 Å². The van der Waals surface area contributed by atoms with E-state index in [0.717, 1.165) is 11.0 Å². The van der Waals surface area contributed by atoms with Crippen LogP contribution < -0.4 is 0 Å². The first kappa shape index (κ1) is 27.6. The van der Waals surface area contributed by atoms with Gasteiger partial charge in [-0.25, -0.2) is 18.2 Å². The molecule has 6 nitrogen and oxygen atoms in total. The van der Waals surface area contributed by atoms with E-state index in [4.69, 9.17) is 10.4 Å². The molecule has 1 fully saturated rings. The fourth-order valence-corrected chi connectivity index (χ4v) is 5.44. The number of nitrogens with one attached hydrogen (secondary N) is 1. The molecule has 0 spiro atoms. The zero-order chi connectivity index (χ0) is 28.6. The average molecular weight is 548 g/mol. The molecular formula is C31H32F3N5O. The highest BCUT2D eigenvalue weighted by Crippen LogP contribution is 2.34. The van der Waals surface area contributed by atoms with Gasteiger partial charge in [0, 0.05) is 42.8 Å². The van der Waals surface area contributed by atoms with Crippen molar-refractivity contribution in [1.29, 1.82) is 5.41 Å². The highest BCUT2D eigenvalue weighted by atomic mass is 19.3. The second kappa shape index (κ2) is 10.9. The van der Waals surface area contributed by atoms with E-state index in [9.17, 15) is 18.0 Å². The molecule has 0 saturated carbocycles. The van der Waals surface area contributed by atoms with Gasteiger partial charge in [0.1, 0.15) is 5.82 Å². The second-order valence-corrected chi connectivity index (χ2v) is 10.4. The Morgan fingerprint density at radius 2 is 1.82 bits per heavy atom. The van der Waals surface area contributed by atoms with Gasteiger partial charge in [-0.1, -0.05) is 37.3 Å². The Morgan fingerprint density at radius 3 is 2.50 bits per heavy atom. The Hall–Kier alpha value is -4.01. The van der Waals surface area contributed by atoms with Crippen molar-refractivity contribution >= 4 is 22.7 Å². The van der Waals surface area contributed by atoms with Gasteiger partial charge in [0.05, 0.1) is 28.0 Å². The van der Waals surface area contributed by atoms with Crippen LogP contribution in [-0.2, 0) is 5.92 Å². The third-order valence-corrected chi connectivity index (χ3v) is 7.71. The molecule has 2 aromatic carbocycles. The molecule has 2 aromatic heterocycles. The van der Waals surface area contributed by atoms with Gasteiger partial charge in [-0.2, -0.15) is 0 Å². The van der Waals surface area contributed by atoms with E-state index in [0.29, 0.717) is 54.1 Å². The van der Waals surface area contributed by atoms with Crippen LogP contribution in [0.5, 0.6) is 0 Å². The number of aryl methyl sites for hydroxylation is 1. The summed E-state index contributed by atoms with van der Waals surface area (Å²) < 4.78 is 44.6. The monoisotopic (exact) mass is 547 g/mol. The Bertz CT molecular complexity index is 1570. The van der Waals surface area contributed by atoms with Crippen LogP contribution >= 0.6 is 0 Å². The lowest BCUT2D eigenvalue weighted by Crippen LogP contribution is -2.38. The molecule has 1 amide bonds. The van der Waals surface area contributed by atoms with E-state index in [1.165, 1.54) is 38.2 Å². The zero-order valence-electron chi connectivity index (χ0n) is 22.8. The fraction of sp³-hybridized carbons (Fsp3) is 0.355. The molecule has 0 radical (unpaired) electrons. The van der Waals surface area contributed by atoms with Crippen LogP contribution in [0.2, 0.25) is 0 Å². The van der Waals surface area contributed by atoms with Gasteiger partial charge in [-0.05, 0) is 56.5 Å². The van der Waals surface area contributed by atoms with Crippen LogP contribution in [0.15, 0.2) is 60.8 Å². The molecule has 4 aromatic rings. The number of hydrogen-bond donors (Lipinski definition) is 1. The highest BCUT2D eigenvalue weighted by molar-refractivity contribution is 6.10. The molecular weight excluding hydrogens is 515 g/mol. The predicted molar refractivity (Wildman–Crippen MR) is 149 cm³/mol. The lowest BCUT2D eigenvalue weighted by molar-refractivity contribution is -0.00830. The number of likely N-dealkylation sites (tertiary alicyclic amines) is 1. The molecule has 0 bridgehead atoms. The number of aromatic nitrogens is 3. The van der Waals surface area contributed by atoms with Crippen LogP contribution in [-0.4, -0.2) is 44.1 Å². The number of pyridine rings is 1. The number of nitrogens with zero attached hydrogens (tertiary/aromatic N) is 4. The lowest BCUT2D eigenvalue weighted by atomic mass is 9.95. The first-order valence-electron chi connectivity index (χ1n) is 13.5. The van der Waals surface area contributed by atoms with E-state index in [1.807, 2.05) is 24.3 Å². The summed E-state index contributed by atoms with van der Waals surface area (Å²) in [7, 11) is 0. The number of imidazole rings is 1. The number of benzene rings is 2. The summed E-state index contributed by atoms with van der Waals surface area (Å²) in [6.45, 7) is 5.69. The molecule has 3 heterocycles. The number of hydrogen-bond acceptors (Lipinski definition) is 4. The van der Waals surface area contributed by atoms with Crippen LogP contribution in [0.4, 0.5) is 13.2 Å². The normalized spacial score (nSPS) is 15.4. The predicted octanol–water partition coefficient (Wildman–Crippen LogP) is 7.17. The van der Waals surface area contributed by atoms with Gasteiger partial charge in [-0.3, -0.25) is 19.8 Å². The topological polar surface area (TPSA) is 74.9 Å². The van der Waals surface area contributed by atoms with Gasteiger partial charge in [0.2, 0.25) is 0 Å². The quantitative estimate of drug-likeness (QED) is 0.249. The number of fused-ring (bicyclic) bond motifs is 1. The molecule has 1 unspecified atom stereocenters. The summed E-state index contributed by atoms with van der Waals surface area (Å²) in [6, 6.07) is 15.0. The van der Waals surface area contributed by atoms with E-state index in [-0.39, 0.29) is 29.5 Å². The second-order valence-electron chi connectivity index (χ2n) is 10.4. The first-order chi connectivity index (χ1) is 19.1. The van der Waals surface area contributed by atoms with Crippen molar-refractivity contribution in [2.45, 2.75) is 58.2 Å². The molecule has 5 rings (SSSR count). The minimum atomic E-state index is -2.97. The summed E-state index contributed by atoms with van der Waals surface area (Å²) in [6.07, 6.45) is 1.23. The first-order valence-corrected chi connectivity index (χ1v) is 13.5. The minimum absolute atomic E-state index is 0.0241. The number of piperidine rings is 1. The number of para-hydroxylation sites is 2. The van der Waals surface area contributed by atoms with E-state index >= 15 is 0 Å². The van der Waals surface area contributed by atoms with Gasteiger partial charge in [0.25, 0.3) is 11.8 Å². The average Bonchev–Trinajstić information content (AvgIpc) is 3.36. The number of halogens is 3. The molecule has 1 atom stereocenters. The maximum Gasteiger partial charge on any atom is 0.273 e. The number of carbonyl (C=O) groups is 1. The van der Waals surface area contributed by atoms with Crippen LogP contribution in [0.3, 0.4) is 0 Å². The molecule has 40 heavy (non-hydrogen) atoms. The maximum absolute atomic E-state index is 14.6. The third kappa shape index (κ3) is 5.12.